The molecular formula is C14H14F3N3O2. The standard InChI is InChI=1S/C14H14F3N3O2/c1-8(7-18)6-11(12(19)21)20-13(22)9-2-4-10(5-3-9)14(15,16)17/h2-5,8,11H,6H2,1H3,(H2,19,21)(H,20,22)/t8-,11+/m0/s1. The summed E-state index contributed by atoms with van der Waals surface area (Å²) in [6.45, 7) is 1.56. The van der Waals surface area contributed by atoms with Crippen LogP contribution in [0, 0.1) is 17.2 Å². The molecule has 2 amide bonds. The van der Waals surface area contributed by atoms with E-state index in [1.54, 1.807) is 6.92 Å². The Balaban J connectivity index is 2.82. The molecule has 8 heteroatoms. The fraction of sp³-hybridized carbons (Fsp3) is 0.357. The van der Waals surface area contributed by atoms with E-state index in [-0.39, 0.29) is 12.0 Å². The van der Waals surface area contributed by atoms with E-state index in [1.807, 2.05) is 6.07 Å². The maximum Gasteiger partial charge on any atom is 0.416 e. The number of hydrogen-bond donors (Lipinski definition) is 2. The number of primary amides is 1. The minimum absolute atomic E-state index is 0.0260. The summed E-state index contributed by atoms with van der Waals surface area (Å²) in [6.07, 6.45) is -4.47. The molecule has 0 fully saturated rings. The lowest BCUT2D eigenvalue weighted by molar-refractivity contribution is -0.137. The third-order valence-corrected chi connectivity index (χ3v) is 2.93. The third kappa shape index (κ3) is 4.77. The predicted octanol–water partition coefficient (Wildman–Crippen LogP) is 1.84. The van der Waals surface area contributed by atoms with Crippen LogP contribution in [-0.2, 0) is 11.0 Å². The number of benzene rings is 1. The lowest BCUT2D eigenvalue weighted by Crippen LogP contribution is -2.45. The van der Waals surface area contributed by atoms with Crippen molar-refractivity contribution in [2.75, 3.05) is 0 Å². The first-order valence-electron chi connectivity index (χ1n) is 6.32. The van der Waals surface area contributed by atoms with Gasteiger partial charge in [0.2, 0.25) is 5.91 Å². The monoisotopic (exact) mass is 313 g/mol. The number of nitriles is 1. The average Bonchev–Trinajstić information content (AvgIpc) is 2.45. The molecule has 1 aromatic rings. The molecule has 0 heterocycles. The maximum absolute atomic E-state index is 12.4. The molecule has 0 bridgehead atoms. The van der Waals surface area contributed by atoms with E-state index >= 15 is 0 Å². The summed E-state index contributed by atoms with van der Waals surface area (Å²) < 4.78 is 37.3. The third-order valence-electron chi connectivity index (χ3n) is 2.93. The molecule has 0 saturated carbocycles. The maximum atomic E-state index is 12.4. The van der Waals surface area contributed by atoms with Crippen LogP contribution in [0.1, 0.15) is 29.3 Å². The van der Waals surface area contributed by atoms with Crippen LogP contribution >= 0.6 is 0 Å². The smallest absolute Gasteiger partial charge is 0.368 e. The van der Waals surface area contributed by atoms with Crippen molar-refractivity contribution in [3.05, 3.63) is 35.4 Å². The van der Waals surface area contributed by atoms with Gasteiger partial charge in [-0.25, -0.2) is 0 Å². The summed E-state index contributed by atoms with van der Waals surface area (Å²) in [5.41, 5.74) is 4.22. The highest BCUT2D eigenvalue weighted by molar-refractivity contribution is 5.97. The normalized spacial score (nSPS) is 13.8. The average molecular weight is 313 g/mol. The predicted molar refractivity (Wildman–Crippen MR) is 71.3 cm³/mol. The van der Waals surface area contributed by atoms with Gasteiger partial charge in [-0.2, -0.15) is 18.4 Å². The van der Waals surface area contributed by atoms with E-state index < -0.39 is 35.5 Å². The van der Waals surface area contributed by atoms with Crippen molar-refractivity contribution < 1.29 is 22.8 Å². The van der Waals surface area contributed by atoms with Crippen molar-refractivity contribution in [1.29, 1.82) is 5.26 Å². The fourth-order valence-electron chi connectivity index (χ4n) is 1.70. The van der Waals surface area contributed by atoms with Crippen molar-refractivity contribution >= 4 is 11.8 Å². The molecule has 0 aliphatic heterocycles. The number of halogens is 3. The van der Waals surface area contributed by atoms with E-state index in [9.17, 15) is 22.8 Å². The highest BCUT2D eigenvalue weighted by atomic mass is 19.4. The van der Waals surface area contributed by atoms with Crippen LogP contribution in [0.4, 0.5) is 13.2 Å². The number of amides is 2. The number of alkyl halides is 3. The Hall–Kier alpha value is -2.56. The van der Waals surface area contributed by atoms with Crippen molar-refractivity contribution in [3.63, 3.8) is 0 Å². The molecule has 0 aliphatic carbocycles. The zero-order valence-corrected chi connectivity index (χ0v) is 11.6. The van der Waals surface area contributed by atoms with E-state index in [2.05, 4.69) is 5.32 Å². The molecular weight excluding hydrogens is 299 g/mol. The zero-order valence-electron chi connectivity index (χ0n) is 11.6. The Kier molecular flexibility index (Phi) is 5.51. The minimum Gasteiger partial charge on any atom is -0.368 e. The van der Waals surface area contributed by atoms with Crippen molar-refractivity contribution in [3.8, 4) is 6.07 Å². The van der Waals surface area contributed by atoms with Crippen LogP contribution in [0.3, 0.4) is 0 Å². The van der Waals surface area contributed by atoms with Crippen LogP contribution in [0.2, 0.25) is 0 Å². The van der Waals surface area contributed by atoms with Gasteiger partial charge in [0.05, 0.1) is 11.6 Å². The summed E-state index contributed by atoms with van der Waals surface area (Å²) in [7, 11) is 0. The van der Waals surface area contributed by atoms with Crippen LogP contribution in [-0.4, -0.2) is 17.9 Å². The lowest BCUT2D eigenvalue weighted by Gasteiger charge is -2.16. The number of carbonyl (C=O) groups excluding carboxylic acids is 2. The van der Waals surface area contributed by atoms with Gasteiger partial charge in [-0.05, 0) is 37.6 Å². The molecule has 1 rings (SSSR count). The highest BCUT2D eigenvalue weighted by Crippen LogP contribution is 2.29. The van der Waals surface area contributed by atoms with Gasteiger partial charge in [-0.3, -0.25) is 9.59 Å². The first-order chi connectivity index (χ1) is 10.1. The largest absolute Gasteiger partial charge is 0.416 e. The van der Waals surface area contributed by atoms with E-state index in [0.717, 1.165) is 24.3 Å². The van der Waals surface area contributed by atoms with Gasteiger partial charge in [0, 0.05) is 11.5 Å². The SMILES string of the molecule is C[C@H](C#N)C[C@@H](NC(=O)c1ccc(C(F)(F)F)cc1)C(N)=O. The molecule has 22 heavy (non-hydrogen) atoms. The summed E-state index contributed by atoms with van der Waals surface area (Å²) in [6, 6.07) is 4.39. The molecule has 0 spiro atoms. The Morgan fingerprint density at radius 1 is 1.32 bits per heavy atom. The van der Waals surface area contributed by atoms with Crippen LogP contribution < -0.4 is 11.1 Å². The van der Waals surface area contributed by atoms with Gasteiger partial charge >= 0.3 is 6.18 Å². The van der Waals surface area contributed by atoms with Gasteiger partial charge in [0.1, 0.15) is 6.04 Å². The molecule has 0 aliphatic rings. The van der Waals surface area contributed by atoms with Crippen LogP contribution in [0.5, 0.6) is 0 Å². The van der Waals surface area contributed by atoms with Gasteiger partial charge in [0.15, 0.2) is 0 Å². The lowest BCUT2D eigenvalue weighted by atomic mass is 10.0. The fourth-order valence-corrected chi connectivity index (χ4v) is 1.70. The quantitative estimate of drug-likeness (QED) is 0.868. The van der Waals surface area contributed by atoms with Gasteiger partial charge in [-0.15, -0.1) is 0 Å². The summed E-state index contributed by atoms with van der Waals surface area (Å²) in [5.74, 6) is -2.06. The number of hydrogen-bond acceptors (Lipinski definition) is 3. The first kappa shape index (κ1) is 17.5. The topological polar surface area (TPSA) is 96.0 Å². The molecule has 3 N–H and O–H groups in total. The Labute approximate surface area is 124 Å². The molecule has 0 radical (unpaired) electrons. The highest BCUT2D eigenvalue weighted by Gasteiger charge is 2.30. The van der Waals surface area contributed by atoms with Gasteiger partial charge < -0.3 is 11.1 Å². The second-order valence-corrected chi connectivity index (χ2v) is 4.77. The number of nitrogens with one attached hydrogen (secondary N) is 1. The molecule has 118 valence electrons. The van der Waals surface area contributed by atoms with Crippen molar-refractivity contribution in [1.82, 2.24) is 5.32 Å². The molecule has 1 aromatic carbocycles. The number of rotatable bonds is 5. The summed E-state index contributed by atoms with van der Waals surface area (Å²) in [5, 5.41) is 11.0. The second-order valence-electron chi connectivity index (χ2n) is 4.77. The van der Waals surface area contributed by atoms with Crippen molar-refractivity contribution in [2.24, 2.45) is 11.7 Å². The van der Waals surface area contributed by atoms with Crippen LogP contribution in [0.25, 0.3) is 0 Å². The molecule has 2 atom stereocenters. The Bertz CT molecular complexity index is 591. The van der Waals surface area contributed by atoms with Gasteiger partial charge in [-0.1, -0.05) is 0 Å². The van der Waals surface area contributed by atoms with Gasteiger partial charge in [0.25, 0.3) is 5.91 Å². The van der Waals surface area contributed by atoms with E-state index in [0.29, 0.717) is 0 Å². The number of carbonyl (C=O) groups is 2. The molecule has 5 nitrogen and oxygen atoms in total. The van der Waals surface area contributed by atoms with Crippen molar-refractivity contribution in [2.45, 2.75) is 25.6 Å². The summed E-state index contributed by atoms with van der Waals surface area (Å²) >= 11 is 0. The Morgan fingerprint density at radius 2 is 1.86 bits per heavy atom. The minimum atomic E-state index is -4.49. The molecule has 0 unspecified atom stereocenters. The number of nitrogens with zero attached hydrogens (tertiary/aromatic N) is 1. The molecule has 0 aromatic heterocycles. The number of nitrogens with two attached hydrogens (primary N) is 1. The Morgan fingerprint density at radius 3 is 2.27 bits per heavy atom. The van der Waals surface area contributed by atoms with E-state index in [1.165, 1.54) is 0 Å². The summed E-state index contributed by atoms with van der Waals surface area (Å²) in [4.78, 5) is 23.2. The first-order valence-corrected chi connectivity index (χ1v) is 6.32. The van der Waals surface area contributed by atoms with E-state index in [4.69, 9.17) is 11.0 Å². The zero-order chi connectivity index (χ0) is 16.9. The molecule has 0 saturated heterocycles. The van der Waals surface area contributed by atoms with Crippen LogP contribution in [0.15, 0.2) is 24.3 Å². The second kappa shape index (κ2) is 6.93.